The van der Waals surface area contributed by atoms with Gasteiger partial charge in [0.1, 0.15) is 11.3 Å². The molecule has 0 aliphatic heterocycles. The number of hydrogen-bond acceptors (Lipinski definition) is 5. The lowest BCUT2D eigenvalue weighted by atomic mass is 10.1. The van der Waals surface area contributed by atoms with Gasteiger partial charge in [0.25, 0.3) is 0 Å². The summed E-state index contributed by atoms with van der Waals surface area (Å²) in [6, 6.07) is 9.32. The largest absolute Gasteiger partial charge is 0.495 e. The minimum Gasteiger partial charge on any atom is -0.495 e. The molecule has 0 saturated heterocycles. The fraction of sp³-hybridized carbons (Fsp3) is 0.167. The van der Waals surface area contributed by atoms with Gasteiger partial charge in [0, 0.05) is 0 Å². The second-order valence-electron chi connectivity index (χ2n) is 5.30. The highest BCUT2D eigenvalue weighted by Crippen LogP contribution is 2.33. The second-order valence-corrected chi connectivity index (χ2v) is 8.11. The zero-order chi connectivity index (χ0) is 19.3. The number of sulfone groups is 1. The van der Waals surface area contributed by atoms with E-state index in [1.165, 1.54) is 31.4 Å². The highest BCUT2D eigenvalue weighted by atomic mass is 79.9. The molecule has 0 fully saturated rings. The summed E-state index contributed by atoms with van der Waals surface area (Å²) in [6.07, 6.45) is 2.94. The molecule has 138 valence electrons. The van der Waals surface area contributed by atoms with Crippen molar-refractivity contribution >= 4 is 37.8 Å². The number of halogens is 1. The van der Waals surface area contributed by atoms with Crippen molar-refractivity contribution in [2.24, 2.45) is 0 Å². The standard InChI is InChI=1S/C18H17BrO6S/c1-25-17-14(19)9-8-13(16(17)18(21)22)11-26(23,24)15-7-3-2-5-12(15)6-4-10-20/h2-9,20H,10-11H2,1H3,(H,21,22)/b6-4+. The Morgan fingerprint density at radius 1 is 1.23 bits per heavy atom. The van der Waals surface area contributed by atoms with Crippen LogP contribution < -0.4 is 4.74 Å². The Morgan fingerprint density at radius 2 is 1.92 bits per heavy atom. The third-order valence-corrected chi connectivity index (χ3v) is 5.97. The predicted octanol–water partition coefficient (Wildman–Crippen LogP) is 3.14. The summed E-state index contributed by atoms with van der Waals surface area (Å²) in [7, 11) is -2.52. The van der Waals surface area contributed by atoms with E-state index in [-0.39, 0.29) is 28.4 Å². The molecule has 2 aromatic rings. The first-order valence-corrected chi connectivity index (χ1v) is 9.94. The molecule has 0 heterocycles. The molecule has 2 aromatic carbocycles. The molecule has 0 spiro atoms. The van der Waals surface area contributed by atoms with Gasteiger partial charge < -0.3 is 14.9 Å². The fourth-order valence-corrected chi connectivity index (χ4v) is 4.59. The van der Waals surface area contributed by atoms with Crippen molar-refractivity contribution in [1.29, 1.82) is 0 Å². The van der Waals surface area contributed by atoms with E-state index >= 15 is 0 Å². The predicted molar refractivity (Wildman–Crippen MR) is 101 cm³/mol. The van der Waals surface area contributed by atoms with Crippen LogP contribution in [-0.4, -0.2) is 38.3 Å². The lowest BCUT2D eigenvalue weighted by Gasteiger charge is -2.14. The number of ether oxygens (including phenoxy) is 1. The number of methoxy groups -OCH3 is 1. The van der Waals surface area contributed by atoms with Gasteiger partial charge in [-0.1, -0.05) is 36.4 Å². The molecule has 0 radical (unpaired) electrons. The second kappa shape index (κ2) is 8.48. The summed E-state index contributed by atoms with van der Waals surface area (Å²) in [6.45, 7) is -0.221. The molecule has 0 aromatic heterocycles. The SMILES string of the molecule is COc1c(Br)ccc(CS(=O)(=O)c2ccccc2/C=C/CO)c1C(=O)O. The smallest absolute Gasteiger partial charge is 0.339 e. The van der Waals surface area contributed by atoms with Crippen LogP contribution in [-0.2, 0) is 15.6 Å². The van der Waals surface area contributed by atoms with Crippen molar-refractivity contribution in [2.75, 3.05) is 13.7 Å². The maximum Gasteiger partial charge on any atom is 0.339 e. The number of carbonyl (C=O) groups is 1. The van der Waals surface area contributed by atoms with Crippen molar-refractivity contribution in [3.05, 3.63) is 63.6 Å². The van der Waals surface area contributed by atoms with Crippen LogP contribution in [0.4, 0.5) is 0 Å². The van der Waals surface area contributed by atoms with Crippen molar-refractivity contribution in [3.8, 4) is 5.75 Å². The Hall–Kier alpha value is -2.16. The highest BCUT2D eigenvalue weighted by Gasteiger charge is 2.25. The summed E-state index contributed by atoms with van der Waals surface area (Å²) in [4.78, 5) is 11.7. The van der Waals surface area contributed by atoms with Gasteiger partial charge in [-0.05, 0) is 39.2 Å². The van der Waals surface area contributed by atoms with Crippen molar-refractivity contribution in [1.82, 2.24) is 0 Å². The van der Waals surface area contributed by atoms with Crippen molar-refractivity contribution < 1.29 is 28.2 Å². The molecular formula is C18H17BrO6S. The number of rotatable bonds is 7. The van der Waals surface area contributed by atoms with Gasteiger partial charge in [-0.2, -0.15) is 0 Å². The minimum absolute atomic E-state index is 0.0583. The van der Waals surface area contributed by atoms with E-state index in [9.17, 15) is 18.3 Å². The van der Waals surface area contributed by atoms with E-state index in [1.807, 2.05) is 0 Å². The lowest BCUT2D eigenvalue weighted by molar-refractivity contribution is 0.0692. The Morgan fingerprint density at radius 3 is 2.54 bits per heavy atom. The number of carboxylic acid groups (broad SMARTS) is 1. The normalized spacial score (nSPS) is 11.7. The fourth-order valence-electron chi connectivity index (χ4n) is 2.52. The Bertz CT molecular complexity index is 950. The summed E-state index contributed by atoms with van der Waals surface area (Å²) >= 11 is 3.20. The van der Waals surface area contributed by atoms with Crippen molar-refractivity contribution in [3.63, 3.8) is 0 Å². The van der Waals surface area contributed by atoms with Crippen LogP contribution in [0.25, 0.3) is 6.08 Å². The lowest BCUT2D eigenvalue weighted by Crippen LogP contribution is -2.12. The van der Waals surface area contributed by atoms with Gasteiger partial charge in [-0.3, -0.25) is 0 Å². The monoisotopic (exact) mass is 440 g/mol. The minimum atomic E-state index is -3.84. The molecule has 8 heteroatoms. The zero-order valence-corrected chi connectivity index (χ0v) is 16.2. The number of aliphatic hydroxyl groups excluding tert-OH is 1. The molecule has 26 heavy (non-hydrogen) atoms. The van der Waals surface area contributed by atoms with E-state index in [4.69, 9.17) is 9.84 Å². The van der Waals surface area contributed by atoms with E-state index in [2.05, 4.69) is 15.9 Å². The molecule has 2 rings (SSSR count). The first kappa shape index (κ1) is 20.2. The Labute approximate surface area is 159 Å². The number of carboxylic acids is 1. The van der Waals surface area contributed by atoms with Crippen LogP contribution in [0.3, 0.4) is 0 Å². The van der Waals surface area contributed by atoms with Gasteiger partial charge in [-0.15, -0.1) is 0 Å². The number of aromatic carboxylic acids is 1. The molecule has 0 bridgehead atoms. The summed E-state index contributed by atoms with van der Waals surface area (Å²) in [5.74, 6) is -1.71. The average molecular weight is 441 g/mol. The van der Waals surface area contributed by atoms with Gasteiger partial charge in [0.2, 0.25) is 0 Å². The Balaban J connectivity index is 2.56. The summed E-state index contributed by atoms with van der Waals surface area (Å²) in [5.41, 5.74) is 0.342. The van der Waals surface area contributed by atoms with Crippen LogP contribution in [0.2, 0.25) is 0 Å². The molecular weight excluding hydrogens is 424 g/mol. The third-order valence-electron chi connectivity index (χ3n) is 3.62. The first-order chi connectivity index (χ1) is 12.3. The molecule has 6 nitrogen and oxygen atoms in total. The maximum atomic E-state index is 12.9. The van der Waals surface area contributed by atoms with E-state index in [0.29, 0.717) is 10.0 Å². The van der Waals surface area contributed by atoms with Crippen LogP contribution in [0, 0.1) is 0 Å². The molecule has 0 atom stereocenters. The van der Waals surface area contributed by atoms with Gasteiger partial charge >= 0.3 is 5.97 Å². The van der Waals surface area contributed by atoms with E-state index < -0.39 is 21.6 Å². The molecule has 0 amide bonds. The van der Waals surface area contributed by atoms with E-state index in [0.717, 1.165) is 0 Å². The Kier molecular flexibility index (Phi) is 6.57. The number of aliphatic hydroxyl groups is 1. The van der Waals surface area contributed by atoms with Gasteiger partial charge in [0.15, 0.2) is 9.84 Å². The van der Waals surface area contributed by atoms with Crippen LogP contribution in [0.1, 0.15) is 21.5 Å². The molecule has 0 unspecified atom stereocenters. The maximum absolute atomic E-state index is 12.9. The zero-order valence-electron chi connectivity index (χ0n) is 13.8. The van der Waals surface area contributed by atoms with E-state index in [1.54, 1.807) is 24.3 Å². The average Bonchev–Trinajstić information content (AvgIpc) is 2.60. The van der Waals surface area contributed by atoms with Crippen LogP contribution >= 0.6 is 15.9 Å². The molecule has 0 aliphatic rings. The topological polar surface area (TPSA) is 101 Å². The molecule has 0 saturated carbocycles. The quantitative estimate of drug-likeness (QED) is 0.685. The third kappa shape index (κ3) is 4.32. The summed E-state index contributed by atoms with van der Waals surface area (Å²) in [5, 5.41) is 18.4. The van der Waals surface area contributed by atoms with Gasteiger partial charge in [-0.25, -0.2) is 13.2 Å². The van der Waals surface area contributed by atoms with Crippen LogP contribution in [0.5, 0.6) is 5.75 Å². The molecule has 2 N–H and O–H groups in total. The van der Waals surface area contributed by atoms with Crippen LogP contribution in [0.15, 0.2) is 51.8 Å². The highest BCUT2D eigenvalue weighted by molar-refractivity contribution is 9.10. The van der Waals surface area contributed by atoms with Crippen molar-refractivity contribution in [2.45, 2.75) is 10.6 Å². The van der Waals surface area contributed by atoms with Gasteiger partial charge in [0.05, 0.1) is 28.8 Å². The number of hydrogen-bond donors (Lipinski definition) is 2. The first-order valence-electron chi connectivity index (χ1n) is 7.49. The molecule has 0 aliphatic carbocycles. The summed E-state index contributed by atoms with van der Waals surface area (Å²) < 4.78 is 31.3. The number of benzene rings is 2.